The molecule has 7 heteroatoms. The van der Waals surface area contributed by atoms with Crippen LogP contribution in [0.1, 0.15) is 30.3 Å². The number of benzene rings is 1. The fraction of sp³-hybridized carbons (Fsp3) is 0.353. The maximum absolute atomic E-state index is 12.2. The summed E-state index contributed by atoms with van der Waals surface area (Å²) in [6, 6.07) is 8.94. The van der Waals surface area contributed by atoms with Crippen LogP contribution < -0.4 is 14.8 Å². The van der Waals surface area contributed by atoms with E-state index in [4.69, 9.17) is 9.47 Å². The number of rotatable bonds is 6. The summed E-state index contributed by atoms with van der Waals surface area (Å²) in [5.41, 5.74) is 1.15. The maximum Gasteiger partial charge on any atom is 0.274 e. The highest BCUT2D eigenvalue weighted by Gasteiger charge is 2.15. The third-order valence-corrected chi connectivity index (χ3v) is 3.72. The lowest BCUT2D eigenvalue weighted by Crippen LogP contribution is -2.28. The molecule has 0 spiro atoms. The van der Waals surface area contributed by atoms with Gasteiger partial charge >= 0.3 is 0 Å². The Hall–Kier alpha value is -2.83. The third kappa shape index (κ3) is 3.56. The number of amides is 1. The lowest BCUT2D eigenvalue weighted by Gasteiger charge is -2.15. The van der Waals surface area contributed by atoms with Crippen LogP contribution in [-0.4, -0.2) is 41.4 Å². The smallest absolute Gasteiger partial charge is 0.274 e. The SMILES string of the molecule is CCCCN(C)C(=O)c1ccc(Nc2ccc3c(c2)OCO3)nn1. The molecule has 0 bridgehead atoms. The molecule has 0 unspecified atom stereocenters. The molecule has 0 saturated heterocycles. The Morgan fingerprint density at radius 2 is 2.04 bits per heavy atom. The molecule has 1 aromatic carbocycles. The lowest BCUT2D eigenvalue weighted by atomic mass is 10.2. The summed E-state index contributed by atoms with van der Waals surface area (Å²) in [6.07, 6.45) is 2.01. The number of aromatic nitrogens is 2. The highest BCUT2D eigenvalue weighted by atomic mass is 16.7. The van der Waals surface area contributed by atoms with Crippen molar-refractivity contribution in [1.82, 2.24) is 15.1 Å². The molecular weight excluding hydrogens is 308 g/mol. The van der Waals surface area contributed by atoms with Gasteiger partial charge in [-0.3, -0.25) is 4.79 Å². The first-order chi connectivity index (χ1) is 11.7. The van der Waals surface area contributed by atoms with Gasteiger partial charge < -0.3 is 19.7 Å². The zero-order valence-electron chi connectivity index (χ0n) is 13.8. The summed E-state index contributed by atoms with van der Waals surface area (Å²) in [4.78, 5) is 13.9. The largest absolute Gasteiger partial charge is 0.454 e. The van der Waals surface area contributed by atoms with Crippen molar-refractivity contribution in [3.63, 3.8) is 0 Å². The number of carbonyl (C=O) groups is 1. The van der Waals surface area contributed by atoms with Crippen LogP contribution in [0.25, 0.3) is 0 Å². The van der Waals surface area contributed by atoms with E-state index in [1.807, 2.05) is 18.2 Å². The predicted molar refractivity (Wildman–Crippen MR) is 89.7 cm³/mol. The number of unbranched alkanes of at least 4 members (excludes halogenated alkanes) is 1. The standard InChI is InChI=1S/C17H20N4O3/c1-3-4-9-21(2)17(22)13-6-8-16(20-19-13)18-12-5-7-14-15(10-12)24-11-23-14/h5-8,10H,3-4,9,11H2,1-2H3,(H,18,20). The number of hydrogen-bond acceptors (Lipinski definition) is 6. The highest BCUT2D eigenvalue weighted by molar-refractivity contribution is 5.92. The number of carbonyl (C=O) groups excluding carboxylic acids is 1. The lowest BCUT2D eigenvalue weighted by molar-refractivity contribution is 0.0786. The summed E-state index contributed by atoms with van der Waals surface area (Å²) in [5.74, 6) is 1.85. The number of nitrogens with zero attached hydrogens (tertiary/aromatic N) is 3. The van der Waals surface area contributed by atoms with Crippen molar-refractivity contribution in [3.8, 4) is 11.5 Å². The second kappa shape index (κ2) is 7.16. The number of nitrogens with one attached hydrogen (secondary N) is 1. The van der Waals surface area contributed by atoms with E-state index in [0.717, 1.165) is 24.3 Å². The van der Waals surface area contributed by atoms with Gasteiger partial charge in [0.15, 0.2) is 23.0 Å². The van der Waals surface area contributed by atoms with E-state index in [0.29, 0.717) is 23.8 Å². The maximum atomic E-state index is 12.2. The van der Waals surface area contributed by atoms with E-state index in [1.165, 1.54) is 0 Å². The minimum atomic E-state index is -0.120. The topological polar surface area (TPSA) is 76.6 Å². The first-order valence-electron chi connectivity index (χ1n) is 7.93. The van der Waals surface area contributed by atoms with Crippen molar-refractivity contribution in [2.75, 3.05) is 25.7 Å². The molecular formula is C17H20N4O3. The van der Waals surface area contributed by atoms with E-state index in [2.05, 4.69) is 22.4 Å². The Bertz CT molecular complexity index is 718. The molecule has 0 radical (unpaired) electrons. The van der Waals surface area contributed by atoms with Crippen LogP contribution in [0.2, 0.25) is 0 Å². The Labute approximate surface area is 140 Å². The Morgan fingerprint density at radius 3 is 2.79 bits per heavy atom. The molecule has 2 aromatic rings. The fourth-order valence-corrected chi connectivity index (χ4v) is 2.33. The minimum absolute atomic E-state index is 0.120. The van der Waals surface area contributed by atoms with Crippen LogP contribution in [0.4, 0.5) is 11.5 Å². The van der Waals surface area contributed by atoms with E-state index >= 15 is 0 Å². The molecule has 7 nitrogen and oxygen atoms in total. The van der Waals surface area contributed by atoms with Crippen LogP contribution in [0.5, 0.6) is 11.5 Å². The zero-order chi connectivity index (χ0) is 16.9. The van der Waals surface area contributed by atoms with Crippen molar-refractivity contribution in [3.05, 3.63) is 36.0 Å². The number of fused-ring (bicyclic) bond motifs is 1. The molecule has 0 atom stereocenters. The van der Waals surface area contributed by atoms with E-state index < -0.39 is 0 Å². The molecule has 0 aliphatic carbocycles. The Balaban J connectivity index is 1.65. The number of ether oxygens (including phenoxy) is 2. The zero-order valence-corrected chi connectivity index (χ0v) is 13.8. The normalized spacial score (nSPS) is 12.1. The van der Waals surface area contributed by atoms with Gasteiger partial charge in [0, 0.05) is 25.3 Å². The molecule has 0 fully saturated rings. The second-order valence-electron chi connectivity index (χ2n) is 5.58. The molecule has 1 aliphatic heterocycles. The van der Waals surface area contributed by atoms with Gasteiger partial charge in [-0.05, 0) is 30.7 Å². The van der Waals surface area contributed by atoms with E-state index in [1.54, 1.807) is 24.1 Å². The predicted octanol–water partition coefficient (Wildman–Crippen LogP) is 2.82. The Kier molecular flexibility index (Phi) is 4.79. The van der Waals surface area contributed by atoms with Crippen LogP contribution in [0, 0.1) is 0 Å². The number of hydrogen-bond donors (Lipinski definition) is 1. The first-order valence-corrected chi connectivity index (χ1v) is 7.93. The van der Waals surface area contributed by atoms with Crippen molar-refractivity contribution < 1.29 is 14.3 Å². The van der Waals surface area contributed by atoms with Gasteiger partial charge in [-0.25, -0.2) is 0 Å². The monoisotopic (exact) mass is 328 g/mol. The Morgan fingerprint density at radius 1 is 1.21 bits per heavy atom. The fourth-order valence-electron chi connectivity index (χ4n) is 2.33. The first kappa shape index (κ1) is 16.0. The molecule has 2 heterocycles. The second-order valence-corrected chi connectivity index (χ2v) is 5.58. The van der Waals surface area contributed by atoms with E-state index in [9.17, 15) is 4.79 Å². The van der Waals surface area contributed by atoms with E-state index in [-0.39, 0.29) is 12.7 Å². The van der Waals surface area contributed by atoms with Crippen molar-refractivity contribution >= 4 is 17.4 Å². The average Bonchev–Trinajstić information content (AvgIpc) is 3.07. The molecule has 1 N–H and O–H groups in total. The summed E-state index contributed by atoms with van der Waals surface area (Å²) in [6.45, 7) is 3.05. The van der Waals surface area contributed by atoms with Crippen molar-refractivity contribution in [2.24, 2.45) is 0 Å². The third-order valence-electron chi connectivity index (χ3n) is 3.72. The molecule has 1 amide bonds. The van der Waals surface area contributed by atoms with Gasteiger partial charge in [0.25, 0.3) is 5.91 Å². The quantitative estimate of drug-likeness (QED) is 0.879. The summed E-state index contributed by atoms with van der Waals surface area (Å²) in [7, 11) is 1.78. The van der Waals surface area contributed by atoms with Gasteiger partial charge in [-0.1, -0.05) is 13.3 Å². The molecule has 24 heavy (non-hydrogen) atoms. The van der Waals surface area contributed by atoms with Crippen LogP contribution in [-0.2, 0) is 0 Å². The molecule has 126 valence electrons. The highest BCUT2D eigenvalue weighted by Crippen LogP contribution is 2.34. The molecule has 1 aliphatic rings. The minimum Gasteiger partial charge on any atom is -0.454 e. The summed E-state index contributed by atoms with van der Waals surface area (Å²) >= 11 is 0. The van der Waals surface area contributed by atoms with Crippen LogP contribution >= 0.6 is 0 Å². The average molecular weight is 328 g/mol. The molecule has 3 rings (SSSR count). The molecule has 0 saturated carbocycles. The van der Waals surface area contributed by atoms with Gasteiger partial charge in [-0.15, -0.1) is 10.2 Å². The van der Waals surface area contributed by atoms with Crippen LogP contribution in [0.3, 0.4) is 0 Å². The number of anilines is 2. The van der Waals surface area contributed by atoms with Crippen LogP contribution in [0.15, 0.2) is 30.3 Å². The van der Waals surface area contributed by atoms with Gasteiger partial charge in [0.05, 0.1) is 0 Å². The van der Waals surface area contributed by atoms with Crippen molar-refractivity contribution in [2.45, 2.75) is 19.8 Å². The van der Waals surface area contributed by atoms with Crippen molar-refractivity contribution in [1.29, 1.82) is 0 Å². The van der Waals surface area contributed by atoms with Gasteiger partial charge in [-0.2, -0.15) is 0 Å². The summed E-state index contributed by atoms with van der Waals surface area (Å²) in [5, 5.41) is 11.2. The van der Waals surface area contributed by atoms with Gasteiger partial charge in [0.1, 0.15) is 0 Å². The molecule has 1 aromatic heterocycles. The van der Waals surface area contributed by atoms with Gasteiger partial charge in [0.2, 0.25) is 6.79 Å². The summed E-state index contributed by atoms with van der Waals surface area (Å²) < 4.78 is 10.6.